The molecule has 7 nitrogen and oxygen atoms in total. The number of amides is 2. The fourth-order valence-corrected chi connectivity index (χ4v) is 5.55. The number of hydrogen-bond acceptors (Lipinski definition) is 4. The van der Waals surface area contributed by atoms with Crippen molar-refractivity contribution in [2.24, 2.45) is 0 Å². The second kappa shape index (κ2) is 11.6. The zero-order valence-electron chi connectivity index (χ0n) is 25.6. The second-order valence-electron chi connectivity index (χ2n) is 12.3. The average Bonchev–Trinajstić information content (AvgIpc) is 3.42. The molecule has 4 aromatic carbocycles. The fraction of sp³-hybridized carbons (Fsp3) is 0.278. The van der Waals surface area contributed by atoms with Crippen LogP contribution in [-0.2, 0) is 10.2 Å². The maximum atomic E-state index is 13.6. The number of urea groups is 1. The second-order valence-corrected chi connectivity index (χ2v) is 12.3. The minimum Gasteiger partial charge on any atom is -0.378 e. The summed E-state index contributed by atoms with van der Waals surface area (Å²) >= 11 is 0. The third-order valence-corrected chi connectivity index (χ3v) is 8.01. The monoisotopic (exact) mass is 573 g/mol. The Balaban J connectivity index is 1.32. The molecule has 0 unspecified atom stereocenters. The number of rotatable bonds is 5. The zero-order valence-corrected chi connectivity index (χ0v) is 25.6. The lowest BCUT2D eigenvalue weighted by atomic mass is 9.92. The van der Waals surface area contributed by atoms with Crippen LogP contribution in [0.3, 0.4) is 0 Å². The Labute approximate surface area is 253 Å². The van der Waals surface area contributed by atoms with Gasteiger partial charge in [-0.3, -0.25) is 5.32 Å². The molecule has 220 valence electrons. The molecule has 7 heteroatoms. The Morgan fingerprint density at radius 2 is 1.56 bits per heavy atom. The fourth-order valence-electron chi connectivity index (χ4n) is 5.55. The number of carbonyl (C=O) groups is 1. The van der Waals surface area contributed by atoms with E-state index in [-0.39, 0.29) is 11.4 Å². The zero-order chi connectivity index (χ0) is 30.1. The first-order chi connectivity index (χ1) is 20.7. The molecule has 43 heavy (non-hydrogen) atoms. The summed E-state index contributed by atoms with van der Waals surface area (Å²) in [4.78, 5) is 15.9. The van der Waals surface area contributed by atoms with E-state index in [1.807, 2.05) is 48.5 Å². The molecule has 1 aliphatic heterocycles. The quantitative estimate of drug-likeness (QED) is 0.223. The number of carbonyl (C=O) groups excluding carboxylic acids is 1. The van der Waals surface area contributed by atoms with Crippen LogP contribution in [0.4, 0.5) is 22.0 Å². The van der Waals surface area contributed by atoms with E-state index in [1.165, 1.54) is 11.3 Å². The van der Waals surface area contributed by atoms with Gasteiger partial charge in [-0.15, -0.1) is 0 Å². The number of benzene rings is 4. The summed E-state index contributed by atoms with van der Waals surface area (Å²) in [5.41, 5.74) is 8.11. The summed E-state index contributed by atoms with van der Waals surface area (Å²) in [7, 11) is 0. The van der Waals surface area contributed by atoms with Crippen LogP contribution in [0.5, 0.6) is 0 Å². The summed E-state index contributed by atoms with van der Waals surface area (Å²) in [5.74, 6) is 0.612. The van der Waals surface area contributed by atoms with Crippen molar-refractivity contribution in [2.75, 3.05) is 41.8 Å². The highest BCUT2D eigenvalue weighted by molar-refractivity contribution is 6.07. The average molecular weight is 574 g/mol. The number of anilines is 3. The van der Waals surface area contributed by atoms with Gasteiger partial charge < -0.3 is 15.0 Å². The van der Waals surface area contributed by atoms with Crippen LogP contribution in [0.25, 0.3) is 27.6 Å². The van der Waals surface area contributed by atoms with Gasteiger partial charge in [-0.2, -0.15) is 5.10 Å². The highest BCUT2D eigenvalue weighted by atomic mass is 16.5. The van der Waals surface area contributed by atoms with E-state index in [1.54, 1.807) is 4.68 Å². The molecule has 6 rings (SSSR count). The van der Waals surface area contributed by atoms with Crippen LogP contribution < -0.4 is 15.5 Å². The van der Waals surface area contributed by atoms with Crippen LogP contribution in [0.15, 0.2) is 84.9 Å². The molecule has 0 bridgehead atoms. The summed E-state index contributed by atoms with van der Waals surface area (Å²) < 4.78 is 7.33. The predicted molar refractivity (Wildman–Crippen MR) is 177 cm³/mol. The van der Waals surface area contributed by atoms with Crippen molar-refractivity contribution in [1.82, 2.24) is 9.78 Å². The predicted octanol–water partition coefficient (Wildman–Crippen LogP) is 8.09. The molecule has 2 heterocycles. The van der Waals surface area contributed by atoms with Crippen LogP contribution in [0.1, 0.15) is 37.6 Å². The number of aromatic nitrogens is 2. The van der Waals surface area contributed by atoms with E-state index in [9.17, 15) is 4.79 Å². The molecule has 0 spiro atoms. The molecule has 2 amide bonds. The van der Waals surface area contributed by atoms with E-state index < -0.39 is 0 Å². The molecule has 5 aromatic rings. The van der Waals surface area contributed by atoms with E-state index in [0.717, 1.165) is 70.8 Å². The Bertz CT molecular complexity index is 1780. The lowest BCUT2D eigenvalue weighted by molar-refractivity contribution is 0.122. The van der Waals surface area contributed by atoms with Gasteiger partial charge in [0.25, 0.3) is 0 Å². The van der Waals surface area contributed by atoms with E-state index in [4.69, 9.17) is 9.84 Å². The minimum atomic E-state index is -0.324. The Kier molecular flexibility index (Phi) is 7.67. The van der Waals surface area contributed by atoms with Crippen LogP contribution in [0.2, 0.25) is 0 Å². The minimum absolute atomic E-state index is 0.178. The van der Waals surface area contributed by atoms with Crippen molar-refractivity contribution in [3.05, 3.63) is 102 Å². The van der Waals surface area contributed by atoms with Gasteiger partial charge in [0.1, 0.15) is 5.82 Å². The molecule has 0 radical (unpaired) electrons. The smallest absolute Gasteiger partial charge is 0.324 e. The molecule has 0 atom stereocenters. The summed E-state index contributed by atoms with van der Waals surface area (Å²) in [6.07, 6.45) is 0. The number of nitrogens with zero attached hydrogens (tertiary/aromatic N) is 3. The van der Waals surface area contributed by atoms with E-state index in [0.29, 0.717) is 5.82 Å². The third kappa shape index (κ3) is 6.13. The Hall–Kier alpha value is -4.62. The molecule has 1 fully saturated rings. The molecule has 0 saturated carbocycles. The highest BCUT2D eigenvalue weighted by Crippen LogP contribution is 2.35. The molecular formula is C36H39N5O2. The first-order valence-electron chi connectivity index (χ1n) is 14.9. The van der Waals surface area contributed by atoms with Crippen molar-refractivity contribution >= 4 is 34.0 Å². The van der Waals surface area contributed by atoms with Crippen LogP contribution in [0, 0.1) is 13.8 Å². The Morgan fingerprint density at radius 1 is 0.837 bits per heavy atom. The van der Waals surface area contributed by atoms with Gasteiger partial charge in [-0.25, -0.2) is 9.48 Å². The SMILES string of the molecule is Cc1ccc(-n2nc(C(C)(C)C)cc2NC(=O)Nc2cc(-c3ccc(N4CCOCC4)cc3C)cc3ccccc23)cc1. The third-order valence-electron chi connectivity index (χ3n) is 8.01. The van der Waals surface area contributed by atoms with Crippen LogP contribution >= 0.6 is 0 Å². The van der Waals surface area contributed by atoms with E-state index in [2.05, 4.69) is 86.6 Å². The topological polar surface area (TPSA) is 71.4 Å². The largest absolute Gasteiger partial charge is 0.378 e. The van der Waals surface area contributed by atoms with Crippen molar-refractivity contribution < 1.29 is 9.53 Å². The van der Waals surface area contributed by atoms with E-state index >= 15 is 0 Å². The van der Waals surface area contributed by atoms with Gasteiger partial charge >= 0.3 is 6.03 Å². The van der Waals surface area contributed by atoms with Gasteiger partial charge in [0, 0.05) is 35.6 Å². The number of ether oxygens (including phenoxy) is 1. The maximum Gasteiger partial charge on any atom is 0.324 e. The van der Waals surface area contributed by atoms with Gasteiger partial charge in [-0.1, -0.05) is 68.8 Å². The van der Waals surface area contributed by atoms with Gasteiger partial charge in [0.05, 0.1) is 30.3 Å². The number of nitrogens with one attached hydrogen (secondary N) is 2. The van der Waals surface area contributed by atoms with Crippen molar-refractivity contribution in [3.63, 3.8) is 0 Å². The Morgan fingerprint density at radius 3 is 2.28 bits per heavy atom. The normalized spacial score (nSPS) is 13.7. The molecule has 1 saturated heterocycles. The van der Waals surface area contributed by atoms with Gasteiger partial charge in [-0.05, 0) is 72.3 Å². The summed E-state index contributed by atoms with van der Waals surface area (Å²) in [6.45, 7) is 13.9. The lowest BCUT2D eigenvalue weighted by Crippen LogP contribution is -2.36. The van der Waals surface area contributed by atoms with Crippen molar-refractivity contribution in [3.8, 4) is 16.8 Å². The first kappa shape index (κ1) is 28.5. The van der Waals surface area contributed by atoms with Gasteiger partial charge in [0.15, 0.2) is 0 Å². The van der Waals surface area contributed by atoms with Crippen molar-refractivity contribution in [2.45, 2.75) is 40.0 Å². The number of aryl methyl sites for hydroxylation is 2. The molecular weight excluding hydrogens is 534 g/mol. The number of morpholine rings is 1. The van der Waals surface area contributed by atoms with Gasteiger partial charge in [0.2, 0.25) is 0 Å². The van der Waals surface area contributed by atoms with Crippen molar-refractivity contribution in [1.29, 1.82) is 0 Å². The maximum absolute atomic E-state index is 13.6. The van der Waals surface area contributed by atoms with Crippen LogP contribution in [-0.4, -0.2) is 42.1 Å². The standard InChI is InChI=1S/C36H39N5O2/c1-24-10-12-28(13-11-24)41-34(23-33(39-41)36(3,4)5)38-35(42)37-32-22-27(21-26-8-6-7-9-31(26)32)30-15-14-29(20-25(30)2)40-16-18-43-19-17-40/h6-15,20-23H,16-19H2,1-5H3,(H2,37,38,42). The first-order valence-corrected chi connectivity index (χ1v) is 14.9. The molecule has 2 N–H and O–H groups in total. The lowest BCUT2D eigenvalue weighted by Gasteiger charge is -2.29. The number of hydrogen-bond donors (Lipinski definition) is 2. The number of fused-ring (bicyclic) bond motifs is 1. The molecule has 1 aromatic heterocycles. The summed E-state index contributed by atoms with van der Waals surface area (Å²) in [5, 5.41) is 13.1. The highest BCUT2D eigenvalue weighted by Gasteiger charge is 2.22. The summed E-state index contributed by atoms with van der Waals surface area (Å²) in [6, 6.07) is 28.8. The molecule has 1 aliphatic rings. The molecule has 0 aliphatic carbocycles.